The van der Waals surface area contributed by atoms with Gasteiger partial charge in [-0.15, -0.1) is 0 Å². The average Bonchev–Trinajstić information content (AvgIpc) is 2.28. The fraction of sp³-hybridized carbons (Fsp3) is 0.889. The van der Waals surface area contributed by atoms with Crippen molar-refractivity contribution in [1.82, 2.24) is 3.71 Å². The van der Waals surface area contributed by atoms with Gasteiger partial charge in [0.2, 0.25) is 10.0 Å². The first kappa shape index (κ1) is 15.3. The van der Waals surface area contributed by atoms with Gasteiger partial charge in [0.1, 0.15) is 0 Å². The monoisotopic (exact) mass is 296 g/mol. The van der Waals surface area contributed by atoms with Crippen molar-refractivity contribution in [3.8, 4) is 0 Å². The second-order valence-corrected chi connectivity index (χ2v) is 8.57. The minimum absolute atomic E-state index is 0.172. The van der Waals surface area contributed by atoms with E-state index < -0.39 is 25.5 Å². The van der Waals surface area contributed by atoms with Gasteiger partial charge < -0.3 is 0 Å². The van der Waals surface area contributed by atoms with Gasteiger partial charge in [-0.05, 0) is 31.6 Å². The number of rotatable bonds is 4. The maximum absolute atomic E-state index is 12.1. The van der Waals surface area contributed by atoms with E-state index in [4.69, 9.17) is 0 Å². The summed E-state index contributed by atoms with van der Waals surface area (Å²) in [5, 5.41) is -0.727. The third kappa shape index (κ3) is 3.17. The number of hydrogen-bond donors (Lipinski definition) is 0. The Labute approximate surface area is 107 Å². The molecule has 0 unspecified atom stereocenters. The van der Waals surface area contributed by atoms with Crippen LogP contribution >= 0.6 is 0 Å². The Morgan fingerprint density at radius 1 is 1.11 bits per heavy atom. The first-order valence-electron chi connectivity index (χ1n) is 5.54. The zero-order chi connectivity index (χ0) is 14.0. The van der Waals surface area contributed by atoms with Crippen molar-refractivity contribution in [2.45, 2.75) is 37.9 Å². The van der Waals surface area contributed by atoms with Gasteiger partial charge in [0.15, 0.2) is 0 Å². The summed E-state index contributed by atoms with van der Waals surface area (Å²) in [6.07, 6.45) is 3.19. The molecule has 0 spiro atoms. The second kappa shape index (κ2) is 5.48. The smallest absolute Gasteiger partial charge is 0.211 e. The van der Waals surface area contributed by atoms with Gasteiger partial charge in [0.25, 0.3) is 6.08 Å². The minimum Gasteiger partial charge on any atom is -0.211 e. The van der Waals surface area contributed by atoms with Crippen molar-refractivity contribution < 1.29 is 21.6 Å². The average molecular weight is 296 g/mol. The maximum Gasteiger partial charge on any atom is 0.345 e. The lowest BCUT2D eigenvalue weighted by atomic mass is 9.91. The summed E-state index contributed by atoms with van der Waals surface area (Å²) in [6.45, 7) is 2.03. The van der Waals surface area contributed by atoms with E-state index >= 15 is 0 Å². The first-order chi connectivity index (χ1) is 8.21. The lowest BCUT2D eigenvalue weighted by Crippen LogP contribution is -2.40. The van der Waals surface area contributed by atoms with Crippen molar-refractivity contribution in [3.05, 3.63) is 0 Å². The lowest BCUT2D eigenvalue weighted by Gasteiger charge is -2.28. The number of hydrogen-bond acceptors (Lipinski definition) is 5. The minimum atomic E-state index is -4.48. The van der Waals surface area contributed by atoms with Crippen molar-refractivity contribution in [2.24, 2.45) is 10.3 Å². The molecule has 0 amide bonds. The van der Waals surface area contributed by atoms with Gasteiger partial charge in [-0.2, -0.15) is 8.42 Å². The molecule has 1 aliphatic rings. The van der Waals surface area contributed by atoms with Crippen molar-refractivity contribution >= 4 is 26.3 Å². The number of sulfonamides is 1. The van der Waals surface area contributed by atoms with E-state index in [-0.39, 0.29) is 3.71 Å². The Morgan fingerprint density at radius 2 is 1.61 bits per heavy atom. The highest BCUT2D eigenvalue weighted by atomic mass is 32.3. The molecule has 9 heteroatoms. The van der Waals surface area contributed by atoms with Crippen LogP contribution in [0.5, 0.6) is 0 Å². The molecule has 0 radical (unpaired) electrons. The van der Waals surface area contributed by atoms with E-state index in [9.17, 15) is 21.6 Å². The molecule has 0 atom stereocenters. The summed E-state index contributed by atoms with van der Waals surface area (Å²) in [6, 6.07) is 0. The summed E-state index contributed by atoms with van der Waals surface area (Å²) < 4.78 is 49.7. The molecule has 0 aromatic heterocycles. The predicted octanol–water partition coefficient (Wildman–Crippen LogP) is 0.407. The van der Waals surface area contributed by atoms with Crippen LogP contribution in [0.15, 0.2) is 4.40 Å². The SMILES string of the molecule is CC1CCC(S(=O)(=O)N(C)S(=O)(=O)N=C=O)CC1. The number of carbonyl (C=O) groups excluding carboxylic acids is 1. The molecular formula is C9H16N2O5S2. The fourth-order valence-electron chi connectivity index (χ4n) is 1.97. The van der Waals surface area contributed by atoms with Crippen molar-refractivity contribution in [1.29, 1.82) is 0 Å². The van der Waals surface area contributed by atoms with Crippen LogP contribution in [-0.4, -0.2) is 38.9 Å². The van der Waals surface area contributed by atoms with Crippen LogP contribution in [0.1, 0.15) is 32.6 Å². The Hall–Kier alpha value is -0.760. The largest absolute Gasteiger partial charge is 0.345 e. The van der Waals surface area contributed by atoms with Gasteiger partial charge in [0, 0.05) is 7.05 Å². The summed E-state index contributed by atoms with van der Waals surface area (Å²) in [4.78, 5) is 9.98. The summed E-state index contributed by atoms with van der Waals surface area (Å²) in [7, 11) is -7.58. The quantitative estimate of drug-likeness (QED) is 0.552. The Balaban J connectivity index is 2.97. The highest BCUT2D eigenvalue weighted by molar-refractivity contribution is 8.03. The van der Waals surface area contributed by atoms with Gasteiger partial charge in [-0.3, -0.25) is 0 Å². The summed E-state index contributed by atoms with van der Waals surface area (Å²) in [5.41, 5.74) is 0. The van der Waals surface area contributed by atoms with Gasteiger partial charge in [-0.1, -0.05) is 15.0 Å². The highest BCUT2D eigenvalue weighted by Crippen LogP contribution is 2.30. The van der Waals surface area contributed by atoms with Gasteiger partial charge in [0.05, 0.1) is 5.25 Å². The predicted molar refractivity (Wildman–Crippen MR) is 65.1 cm³/mol. The molecule has 0 aromatic rings. The molecule has 7 nitrogen and oxygen atoms in total. The lowest BCUT2D eigenvalue weighted by molar-refractivity contribution is 0.376. The van der Waals surface area contributed by atoms with Crippen LogP contribution in [0.4, 0.5) is 0 Å². The number of nitrogens with zero attached hydrogens (tertiary/aromatic N) is 2. The normalized spacial score (nSPS) is 25.7. The molecule has 1 fully saturated rings. The fourth-order valence-corrected chi connectivity index (χ4v) is 4.99. The molecule has 1 rings (SSSR count). The molecule has 0 heterocycles. The van der Waals surface area contributed by atoms with E-state index in [1.165, 1.54) is 0 Å². The molecule has 0 N–H and O–H groups in total. The Morgan fingerprint density at radius 3 is 2.06 bits per heavy atom. The first-order valence-corrected chi connectivity index (χ1v) is 8.44. The van der Waals surface area contributed by atoms with Gasteiger partial charge in [-0.25, -0.2) is 13.2 Å². The van der Waals surface area contributed by atoms with Crippen LogP contribution in [0.25, 0.3) is 0 Å². The van der Waals surface area contributed by atoms with Crippen LogP contribution in [-0.2, 0) is 25.0 Å². The molecular weight excluding hydrogens is 280 g/mol. The van der Waals surface area contributed by atoms with Crippen LogP contribution in [0.3, 0.4) is 0 Å². The van der Waals surface area contributed by atoms with E-state index in [1.807, 2.05) is 6.92 Å². The van der Waals surface area contributed by atoms with Crippen LogP contribution in [0, 0.1) is 5.92 Å². The van der Waals surface area contributed by atoms with Crippen LogP contribution in [0.2, 0.25) is 0 Å². The maximum atomic E-state index is 12.1. The van der Waals surface area contributed by atoms with E-state index in [2.05, 4.69) is 4.40 Å². The van der Waals surface area contributed by atoms with E-state index in [0.717, 1.165) is 26.0 Å². The number of isocyanates is 1. The molecule has 0 bridgehead atoms. The molecule has 18 heavy (non-hydrogen) atoms. The van der Waals surface area contributed by atoms with Crippen LogP contribution < -0.4 is 0 Å². The van der Waals surface area contributed by atoms with E-state index in [0.29, 0.717) is 18.8 Å². The third-order valence-electron chi connectivity index (χ3n) is 3.22. The molecule has 0 saturated heterocycles. The molecule has 0 aliphatic heterocycles. The molecule has 0 aromatic carbocycles. The molecule has 104 valence electrons. The Kier molecular flexibility index (Phi) is 4.66. The highest BCUT2D eigenvalue weighted by Gasteiger charge is 2.38. The molecule has 1 aliphatic carbocycles. The topological polar surface area (TPSA) is 101 Å². The van der Waals surface area contributed by atoms with Crippen molar-refractivity contribution in [3.63, 3.8) is 0 Å². The van der Waals surface area contributed by atoms with Crippen molar-refractivity contribution in [2.75, 3.05) is 7.05 Å². The summed E-state index contributed by atoms with van der Waals surface area (Å²) >= 11 is 0. The Bertz CT molecular complexity index is 540. The summed E-state index contributed by atoms with van der Waals surface area (Å²) in [5.74, 6) is 0.450. The zero-order valence-corrected chi connectivity index (χ0v) is 11.9. The zero-order valence-electron chi connectivity index (χ0n) is 10.2. The molecule has 1 saturated carbocycles. The van der Waals surface area contributed by atoms with E-state index in [1.54, 1.807) is 0 Å². The second-order valence-electron chi connectivity index (χ2n) is 4.47. The standard InChI is InChI=1S/C9H16N2O5S2/c1-8-3-5-9(6-4-8)17(13,14)11(2)18(15,16)10-7-12/h8-9H,3-6H2,1-2H3. The van der Waals surface area contributed by atoms with Gasteiger partial charge >= 0.3 is 10.2 Å². The third-order valence-corrected chi connectivity index (χ3v) is 7.39.